The number of nitrogens with one attached hydrogen (secondary N) is 1. The average Bonchev–Trinajstić information content (AvgIpc) is 2.89. The summed E-state index contributed by atoms with van der Waals surface area (Å²) in [5, 5.41) is 7.40. The molecule has 0 radical (unpaired) electrons. The molecule has 1 aromatic rings. The Balaban J connectivity index is 1.67. The first kappa shape index (κ1) is 14.5. The van der Waals surface area contributed by atoms with Crippen LogP contribution in [0.5, 0.6) is 0 Å². The molecular formula is C17H28N2S. The summed E-state index contributed by atoms with van der Waals surface area (Å²) in [7, 11) is 0. The van der Waals surface area contributed by atoms with Crippen LogP contribution in [0.3, 0.4) is 0 Å². The van der Waals surface area contributed by atoms with Crippen LogP contribution in [0, 0.1) is 5.41 Å². The molecule has 2 saturated carbocycles. The second-order valence-corrected chi connectivity index (χ2v) is 8.86. The highest BCUT2D eigenvalue weighted by atomic mass is 32.1. The lowest BCUT2D eigenvalue weighted by Crippen LogP contribution is -2.35. The Bertz CT molecular complexity index is 448. The van der Waals surface area contributed by atoms with E-state index < -0.39 is 0 Å². The number of hydrogen-bond acceptors (Lipinski definition) is 3. The molecule has 0 spiro atoms. The summed E-state index contributed by atoms with van der Waals surface area (Å²) in [5.41, 5.74) is 1.94. The van der Waals surface area contributed by atoms with Gasteiger partial charge in [0, 0.05) is 29.8 Å². The zero-order valence-electron chi connectivity index (χ0n) is 13.2. The van der Waals surface area contributed by atoms with Gasteiger partial charge in [-0.1, -0.05) is 33.6 Å². The van der Waals surface area contributed by atoms with Gasteiger partial charge in [-0.3, -0.25) is 0 Å². The van der Waals surface area contributed by atoms with Crippen molar-refractivity contribution in [3.63, 3.8) is 0 Å². The molecule has 0 atom stereocenters. The van der Waals surface area contributed by atoms with Crippen LogP contribution in [-0.4, -0.2) is 17.6 Å². The molecule has 0 aliphatic heterocycles. The fraction of sp³-hybridized carbons (Fsp3) is 0.824. The molecule has 2 fully saturated rings. The fourth-order valence-electron chi connectivity index (χ4n) is 3.25. The predicted octanol–water partition coefficient (Wildman–Crippen LogP) is 4.30. The molecule has 0 unspecified atom stereocenters. The Morgan fingerprint density at radius 1 is 1.30 bits per heavy atom. The van der Waals surface area contributed by atoms with E-state index in [0.717, 1.165) is 6.04 Å². The SMILES string of the molecule is CC(C)(C)c1csc(CC2(CNC3CC3)CCCC2)n1. The minimum Gasteiger partial charge on any atom is -0.313 e. The van der Waals surface area contributed by atoms with Crippen LogP contribution in [0.1, 0.15) is 70.0 Å². The molecule has 2 nitrogen and oxygen atoms in total. The maximum atomic E-state index is 4.92. The second kappa shape index (κ2) is 5.42. The number of aromatic nitrogens is 1. The zero-order valence-corrected chi connectivity index (χ0v) is 14.0. The molecule has 112 valence electrons. The summed E-state index contributed by atoms with van der Waals surface area (Å²) in [4.78, 5) is 4.92. The molecule has 0 aromatic carbocycles. The first-order valence-corrected chi connectivity index (χ1v) is 9.03. The summed E-state index contributed by atoms with van der Waals surface area (Å²) in [5.74, 6) is 0. The summed E-state index contributed by atoms with van der Waals surface area (Å²) >= 11 is 1.87. The molecule has 1 N–H and O–H groups in total. The molecule has 0 saturated heterocycles. The van der Waals surface area contributed by atoms with Crippen molar-refractivity contribution in [2.24, 2.45) is 5.41 Å². The molecule has 2 aliphatic rings. The summed E-state index contributed by atoms with van der Waals surface area (Å²) in [6.07, 6.45) is 9.55. The highest BCUT2D eigenvalue weighted by Crippen LogP contribution is 2.42. The van der Waals surface area contributed by atoms with Gasteiger partial charge in [-0.05, 0) is 31.1 Å². The number of rotatable bonds is 5. The molecule has 2 aliphatic carbocycles. The van der Waals surface area contributed by atoms with Gasteiger partial charge in [0.05, 0.1) is 10.7 Å². The Labute approximate surface area is 127 Å². The summed E-state index contributed by atoms with van der Waals surface area (Å²) in [6, 6.07) is 0.828. The summed E-state index contributed by atoms with van der Waals surface area (Å²) < 4.78 is 0. The van der Waals surface area contributed by atoms with E-state index in [1.807, 2.05) is 11.3 Å². The van der Waals surface area contributed by atoms with Gasteiger partial charge in [-0.25, -0.2) is 4.98 Å². The van der Waals surface area contributed by atoms with E-state index in [0.29, 0.717) is 5.41 Å². The minimum atomic E-state index is 0.184. The van der Waals surface area contributed by atoms with Crippen molar-refractivity contribution >= 4 is 11.3 Å². The van der Waals surface area contributed by atoms with Gasteiger partial charge >= 0.3 is 0 Å². The van der Waals surface area contributed by atoms with Crippen molar-refractivity contribution in [2.75, 3.05) is 6.54 Å². The Hall–Kier alpha value is -0.410. The molecule has 20 heavy (non-hydrogen) atoms. The van der Waals surface area contributed by atoms with Crippen molar-refractivity contribution in [3.05, 3.63) is 16.1 Å². The second-order valence-electron chi connectivity index (χ2n) is 7.92. The monoisotopic (exact) mass is 292 g/mol. The zero-order chi connectivity index (χ0) is 14.2. The minimum absolute atomic E-state index is 0.184. The van der Waals surface area contributed by atoms with Gasteiger partial charge in [0.1, 0.15) is 0 Å². The van der Waals surface area contributed by atoms with E-state index in [1.165, 1.54) is 62.2 Å². The van der Waals surface area contributed by atoms with Crippen molar-refractivity contribution in [3.8, 4) is 0 Å². The Morgan fingerprint density at radius 3 is 2.55 bits per heavy atom. The lowest BCUT2D eigenvalue weighted by atomic mass is 9.82. The van der Waals surface area contributed by atoms with Gasteiger partial charge in [0.2, 0.25) is 0 Å². The van der Waals surface area contributed by atoms with Crippen LogP contribution in [0.4, 0.5) is 0 Å². The molecule has 3 rings (SSSR count). The first-order chi connectivity index (χ1) is 9.47. The van der Waals surface area contributed by atoms with Crippen LogP contribution in [0.2, 0.25) is 0 Å². The van der Waals surface area contributed by atoms with Crippen LogP contribution in [0.25, 0.3) is 0 Å². The standard InChI is InChI=1S/C17H28N2S/c1-16(2,3)14-11-20-15(19-14)10-17(8-4-5-9-17)12-18-13-6-7-13/h11,13,18H,4-10,12H2,1-3H3. The molecule has 1 heterocycles. The molecular weight excluding hydrogens is 264 g/mol. The third-order valence-corrected chi connectivity index (χ3v) is 5.70. The largest absolute Gasteiger partial charge is 0.313 e. The van der Waals surface area contributed by atoms with E-state index in [1.54, 1.807) is 0 Å². The van der Waals surface area contributed by atoms with E-state index in [2.05, 4.69) is 31.5 Å². The van der Waals surface area contributed by atoms with Crippen LogP contribution in [0.15, 0.2) is 5.38 Å². The smallest absolute Gasteiger partial charge is 0.0934 e. The lowest BCUT2D eigenvalue weighted by Gasteiger charge is -2.28. The lowest BCUT2D eigenvalue weighted by molar-refractivity contribution is 0.276. The molecule has 0 bridgehead atoms. The third kappa shape index (κ3) is 3.43. The normalized spacial score (nSPS) is 22.4. The van der Waals surface area contributed by atoms with Gasteiger partial charge < -0.3 is 5.32 Å². The highest BCUT2D eigenvalue weighted by Gasteiger charge is 2.36. The number of thiazole rings is 1. The fourth-order valence-corrected chi connectivity index (χ4v) is 4.44. The molecule has 3 heteroatoms. The van der Waals surface area contributed by atoms with E-state index >= 15 is 0 Å². The topological polar surface area (TPSA) is 24.9 Å². The summed E-state index contributed by atoms with van der Waals surface area (Å²) in [6.45, 7) is 7.98. The van der Waals surface area contributed by atoms with Crippen LogP contribution >= 0.6 is 11.3 Å². The Morgan fingerprint density at radius 2 is 2.00 bits per heavy atom. The maximum absolute atomic E-state index is 4.92. The van der Waals surface area contributed by atoms with Crippen LogP contribution < -0.4 is 5.32 Å². The van der Waals surface area contributed by atoms with Gasteiger partial charge in [-0.2, -0.15) is 0 Å². The third-order valence-electron chi connectivity index (χ3n) is 4.85. The van der Waals surface area contributed by atoms with Crippen molar-refractivity contribution in [2.45, 2.75) is 77.2 Å². The molecule has 0 amide bonds. The van der Waals surface area contributed by atoms with E-state index in [-0.39, 0.29) is 5.41 Å². The van der Waals surface area contributed by atoms with Crippen molar-refractivity contribution < 1.29 is 0 Å². The first-order valence-electron chi connectivity index (χ1n) is 8.15. The quantitative estimate of drug-likeness (QED) is 0.875. The number of hydrogen-bond donors (Lipinski definition) is 1. The van der Waals surface area contributed by atoms with Gasteiger partial charge in [-0.15, -0.1) is 11.3 Å². The highest BCUT2D eigenvalue weighted by molar-refractivity contribution is 7.09. The van der Waals surface area contributed by atoms with E-state index in [9.17, 15) is 0 Å². The van der Waals surface area contributed by atoms with Gasteiger partial charge in [0.25, 0.3) is 0 Å². The number of nitrogens with zero attached hydrogens (tertiary/aromatic N) is 1. The van der Waals surface area contributed by atoms with Crippen molar-refractivity contribution in [1.29, 1.82) is 0 Å². The molecule has 1 aromatic heterocycles. The van der Waals surface area contributed by atoms with E-state index in [4.69, 9.17) is 4.98 Å². The maximum Gasteiger partial charge on any atom is 0.0934 e. The van der Waals surface area contributed by atoms with Gasteiger partial charge in [0.15, 0.2) is 0 Å². The van der Waals surface area contributed by atoms with Crippen LogP contribution in [-0.2, 0) is 11.8 Å². The average molecular weight is 292 g/mol. The van der Waals surface area contributed by atoms with Crippen molar-refractivity contribution in [1.82, 2.24) is 10.3 Å². The predicted molar refractivity (Wildman–Crippen MR) is 86.4 cm³/mol. The Kier molecular flexibility index (Phi) is 3.93.